The second-order valence-electron chi connectivity index (χ2n) is 3.86. The maximum atomic E-state index is 13.0. The zero-order valence-electron chi connectivity index (χ0n) is 9.04. The molecule has 2 aromatic carbocycles. The van der Waals surface area contributed by atoms with Crippen LogP contribution in [0.25, 0.3) is 0 Å². The SMILES string of the molecule is Fc1cc(F)cc(C(Cl)Cc2ccccc2)c1. The van der Waals surface area contributed by atoms with Gasteiger partial charge in [-0.3, -0.25) is 0 Å². The molecule has 2 aromatic rings. The van der Waals surface area contributed by atoms with Crippen LogP contribution in [0.1, 0.15) is 16.5 Å². The fraction of sp³-hybridized carbons (Fsp3) is 0.143. The van der Waals surface area contributed by atoms with Gasteiger partial charge >= 0.3 is 0 Å². The summed E-state index contributed by atoms with van der Waals surface area (Å²) in [5, 5.41) is -0.428. The second kappa shape index (κ2) is 5.28. The van der Waals surface area contributed by atoms with E-state index >= 15 is 0 Å². The lowest BCUT2D eigenvalue weighted by Gasteiger charge is -2.10. The molecule has 2 rings (SSSR count). The largest absolute Gasteiger partial charge is 0.207 e. The molecule has 0 N–H and O–H groups in total. The summed E-state index contributed by atoms with van der Waals surface area (Å²) in [4.78, 5) is 0. The third-order valence-corrected chi connectivity index (χ3v) is 2.91. The quantitative estimate of drug-likeness (QED) is 0.706. The normalized spacial score (nSPS) is 12.4. The number of benzene rings is 2. The fourth-order valence-electron chi connectivity index (χ4n) is 1.69. The topological polar surface area (TPSA) is 0 Å². The Morgan fingerprint density at radius 3 is 2.12 bits per heavy atom. The van der Waals surface area contributed by atoms with Gasteiger partial charge in [0.15, 0.2) is 0 Å². The van der Waals surface area contributed by atoms with Crippen LogP contribution in [0.5, 0.6) is 0 Å². The van der Waals surface area contributed by atoms with E-state index in [2.05, 4.69) is 0 Å². The van der Waals surface area contributed by atoms with Crippen LogP contribution >= 0.6 is 11.6 Å². The van der Waals surface area contributed by atoms with Crippen molar-refractivity contribution >= 4 is 11.6 Å². The van der Waals surface area contributed by atoms with Gasteiger partial charge in [0, 0.05) is 6.07 Å². The predicted octanol–water partition coefficient (Wildman–Crippen LogP) is 4.49. The molecule has 0 spiro atoms. The van der Waals surface area contributed by atoms with Crippen molar-refractivity contribution in [3.05, 3.63) is 71.3 Å². The van der Waals surface area contributed by atoms with Gasteiger partial charge in [0.1, 0.15) is 11.6 Å². The van der Waals surface area contributed by atoms with Gasteiger partial charge < -0.3 is 0 Å². The molecule has 1 unspecified atom stereocenters. The smallest absolute Gasteiger partial charge is 0.126 e. The molecule has 0 fully saturated rings. The van der Waals surface area contributed by atoms with Crippen LogP contribution in [0.3, 0.4) is 0 Å². The van der Waals surface area contributed by atoms with E-state index in [9.17, 15) is 8.78 Å². The molecule has 0 radical (unpaired) electrons. The zero-order valence-corrected chi connectivity index (χ0v) is 9.79. The highest BCUT2D eigenvalue weighted by Crippen LogP contribution is 2.26. The molecule has 0 amide bonds. The Labute approximate surface area is 104 Å². The Hall–Kier alpha value is -1.41. The van der Waals surface area contributed by atoms with E-state index < -0.39 is 17.0 Å². The second-order valence-corrected chi connectivity index (χ2v) is 4.39. The van der Waals surface area contributed by atoms with E-state index in [0.29, 0.717) is 12.0 Å². The van der Waals surface area contributed by atoms with Crippen LogP contribution < -0.4 is 0 Å². The Bertz CT molecular complexity index is 477. The molecule has 17 heavy (non-hydrogen) atoms. The number of rotatable bonds is 3. The minimum absolute atomic E-state index is 0.428. The summed E-state index contributed by atoms with van der Waals surface area (Å²) < 4.78 is 26.1. The van der Waals surface area contributed by atoms with Crippen molar-refractivity contribution in [1.29, 1.82) is 0 Å². The van der Waals surface area contributed by atoms with Crippen molar-refractivity contribution in [2.45, 2.75) is 11.8 Å². The van der Waals surface area contributed by atoms with Gasteiger partial charge in [-0.25, -0.2) is 8.78 Å². The molecule has 0 aromatic heterocycles. The highest BCUT2D eigenvalue weighted by atomic mass is 35.5. The first-order chi connectivity index (χ1) is 8.15. The average Bonchev–Trinajstić information content (AvgIpc) is 2.29. The summed E-state index contributed by atoms with van der Waals surface area (Å²) in [5.41, 5.74) is 1.50. The lowest BCUT2D eigenvalue weighted by molar-refractivity contribution is 0.579. The number of hydrogen-bond acceptors (Lipinski definition) is 0. The first kappa shape index (κ1) is 12.1. The van der Waals surface area contributed by atoms with Crippen molar-refractivity contribution in [2.75, 3.05) is 0 Å². The minimum Gasteiger partial charge on any atom is -0.207 e. The summed E-state index contributed by atoms with van der Waals surface area (Å²) >= 11 is 6.15. The Morgan fingerprint density at radius 1 is 0.941 bits per heavy atom. The predicted molar refractivity (Wildman–Crippen MR) is 65.1 cm³/mol. The molecule has 0 aliphatic carbocycles. The number of halogens is 3. The first-order valence-corrected chi connectivity index (χ1v) is 5.73. The molecule has 0 bridgehead atoms. The molecule has 88 valence electrons. The summed E-state index contributed by atoms with van der Waals surface area (Å²) in [6.45, 7) is 0. The Kier molecular flexibility index (Phi) is 3.75. The molecule has 0 heterocycles. The van der Waals surface area contributed by atoms with Gasteiger partial charge in [0.05, 0.1) is 5.38 Å². The maximum absolute atomic E-state index is 13.0. The molecule has 3 heteroatoms. The van der Waals surface area contributed by atoms with E-state index in [1.54, 1.807) is 0 Å². The van der Waals surface area contributed by atoms with Gasteiger partial charge in [-0.15, -0.1) is 11.6 Å². The Balaban J connectivity index is 2.17. The molecule has 0 saturated carbocycles. The van der Waals surface area contributed by atoms with Crippen molar-refractivity contribution in [1.82, 2.24) is 0 Å². The third kappa shape index (κ3) is 3.27. The molecule has 1 atom stereocenters. The summed E-state index contributed by atoms with van der Waals surface area (Å²) in [7, 11) is 0. The van der Waals surface area contributed by atoms with E-state index in [1.165, 1.54) is 12.1 Å². The van der Waals surface area contributed by atoms with Gasteiger partial charge in [-0.05, 0) is 29.7 Å². The highest BCUT2D eigenvalue weighted by Gasteiger charge is 2.11. The Morgan fingerprint density at radius 2 is 1.53 bits per heavy atom. The fourth-order valence-corrected chi connectivity index (χ4v) is 2.00. The molecule has 0 aliphatic rings. The molecule has 0 saturated heterocycles. The number of hydrogen-bond donors (Lipinski definition) is 0. The number of alkyl halides is 1. The van der Waals surface area contributed by atoms with Crippen molar-refractivity contribution in [3.63, 3.8) is 0 Å². The van der Waals surface area contributed by atoms with E-state index in [4.69, 9.17) is 11.6 Å². The van der Waals surface area contributed by atoms with Gasteiger partial charge in [0.2, 0.25) is 0 Å². The van der Waals surface area contributed by atoms with Crippen molar-refractivity contribution in [3.8, 4) is 0 Å². The van der Waals surface area contributed by atoms with Crippen LogP contribution in [-0.2, 0) is 6.42 Å². The molecule has 0 aliphatic heterocycles. The lowest BCUT2D eigenvalue weighted by Crippen LogP contribution is -1.97. The average molecular weight is 253 g/mol. The van der Waals surface area contributed by atoms with E-state index in [-0.39, 0.29) is 0 Å². The van der Waals surface area contributed by atoms with Crippen LogP contribution in [0.2, 0.25) is 0 Å². The molecular formula is C14H11ClF2. The molecule has 0 nitrogen and oxygen atoms in total. The van der Waals surface area contributed by atoms with Gasteiger partial charge in [-0.1, -0.05) is 30.3 Å². The third-order valence-electron chi connectivity index (χ3n) is 2.50. The monoisotopic (exact) mass is 252 g/mol. The summed E-state index contributed by atoms with van der Waals surface area (Å²) in [6, 6.07) is 13.0. The summed E-state index contributed by atoms with van der Waals surface area (Å²) in [5.74, 6) is -1.20. The van der Waals surface area contributed by atoms with Crippen LogP contribution in [0.15, 0.2) is 48.5 Å². The van der Waals surface area contributed by atoms with Gasteiger partial charge in [-0.2, -0.15) is 0 Å². The summed E-state index contributed by atoms with van der Waals surface area (Å²) in [6.07, 6.45) is 0.547. The molecular weight excluding hydrogens is 242 g/mol. The van der Waals surface area contributed by atoms with Crippen LogP contribution in [0, 0.1) is 11.6 Å². The lowest BCUT2D eigenvalue weighted by atomic mass is 10.0. The van der Waals surface area contributed by atoms with E-state index in [1.807, 2.05) is 30.3 Å². The highest BCUT2D eigenvalue weighted by molar-refractivity contribution is 6.20. The van der Waals surface area contributed by atoms with Crippen molar-refractivity contribution < 1.29 is 8.78 Å². The van der Waals surface area contributed by atoms with Crippen LogP contribution in [-0.4, -0.2) is 0 Å². The van der Waals surface area contributed by atoms with Gasteiger partial charge in [0.25, 0.3) is 0 Å². The van der Waals surface area contributed by atoms with E-state index in [0.717, 1.165) is 11.6 Å². The zero-order chi connectivity index (χ0) is 12.3. The minimum atomic E-state index is -0.598. The first-order valence-electron chi connectivity index (χ1n) is 5.29. The van der Waals surface area contributed by atoms with Crippen LogP contribution in [0.4, 0.5) is 8.78 Å². The maximum Gasteiger partial charge on any atom is 0.126 e. The van der Waals surface area contributed by atoms with Crippen molar-refractivity contribution in [2.24, 2.45) is 0 Å². The standard InChI is InChI=1S/C14H11ClF2/c15-14(6-10-4-2-1-3-5-10)11-7-12(16)9-13(17)8-11/h1-5,7-9,14H,6H2.